The van der Waals surface area contributed by atoms with Crippen molar-refractivity contribution >= 4 is 23.4 Å². The summed E-state index contributed by atoms with van der Waals surface area (Å²) in [6.45, 7) is 4.35. The third-order valence-corrected chi connectivity index (χ3v) is 5.22. The first-order chi connectivity index (χ1) is 14.5. The highest BCUT2D eigenvalue weighted by Gasteiger charge is 2.27. The maximum Gasteiger partial charge on any atom is 0.263 e. The maximum absolute atomic E-state index is 12.6. The summed E-state index contributed by atoms with van der Waals surface area (Å²) in [6, 6.07) is 16.5. The van der Waals surface area contributed by atoms with Crippen LogP contribution in [0, 0.1) is 0 Å². The number of hydrogen-bond acceptors (Lipinski definition) is 4. The predicted molar refractivity (Wildman–Crippen MR) is 116 cm³/mol. The van der Waals surface area contributed by atoms with Gasteiger partial charge in [-0.3, -0.25) is 9.59 Å². The van der Waals surface area contributed by atoms with E-state index in [-0.39, 0.29) is 11.8 Å². The average Bonchev–Trinajstić information content (AvgIpc) is 2.78. The van der Waals surface area contributed by atoms with E-state index in [1.54, 1.807) is 36.1 Å². The molecule has 1 atom stereocenters. The molecular weight excluding hydrogens is 404 g/mol. The molecule has 1 fully saturated rings. The molecule has 6 nitrogen and oxygen atoms in total. The lowest BCUT2D eigenvalue weighted by Crippen LogP contribution is -2.53. The van der Waals surface area contributed by atoms with Crippen molar-refractivity contribution in [2.24, 2.45) is 0 Å². The van der Waals surface area contributed by atoms with E-state index in [0.29, 0.717) is 56.4 Å². The van der Waals surface area contributed by atoms with Crippen LogP contribution in [0.1, 0.15) is 19.8 Å². The zero-order chi connectivity index (χ0) is 21.3. The van der Waals surface area contributed by atoms with Gasteiger partial charge >= 0.3 is 0 Å². The second-order valence-electron chi connectivity index (χ2n) is 7.19. The number of carbonyl (C=O) groups is 2. The molecule has 0 N–H and O–H groups in total. The van der Waals surface area contributed by atoms with Crippen LogP contribution in [0.25, 0.3) is 0 Å². The molecule has 1 heterocycles. The van der Waals surface area contributed by atoms with Gasteiger partial charge in [0.1, 0.15) is 11.5 Å². The van der Waals surface area contributed by atoms with Crippen LogP contribution in [0.4, 0.5) is 0 Å². The number of rotatable bonds is 8. The van der Waals surface area contributed by atoms with Gasteiger partial charge in [-0.15, -0.1) is 0 Å². The van der Waals surface area contributed by atoms with Gasteiger partial charge in [0.15, 0.2) is 6.10 Å². The highest BCUT2D eigenvalue weighted by molar-refractivity contribution is 6.30. The second kappa shape index (κ2) is 10.9. The maximum atomic E-state index is 12.6. The average molecular weight is 431 g/mol. The van der Waals surface area contributed by atoms with Crippen LogP contribution >= 0.6 is 11.6 Å². The first-order valence-corrected chi connectivity index (χ1v) is 10.6. The number of ether oxygens (including phenoxy) is 2. The van der Waals surface area contributed by atoms with E-state index >= 15 is 0 Å². The number of amides is 2. The fraction of sp³-hybridized carbons (Fsp3) is 0.391. The summed E-state index contributed by atoms with van der Waals surface area (Å²) >= 11 is 5.87. The minimum atomic E-state index is -0.594. The molecule has 0 saturated carbocycles. The molecule has 30 heavy (non-hydrogen) atoms. The summed E-state index contributed by atoms with van der Waals surface area (Å²) in [5.41, 5.74) is 0. The van der Waals surface area contributed by atoms with Crippen molar-refractivity contribution in [3.63, 3.8) is 0 Å². The summed E-state index contributed by atoms with van der Waals surface area (Å²) in [6.07, 6.45) is 0.513. The molecule has 2 amide bonds. The van der Waals surface area contributed by atoms with E-state index < -0.39 is 6.10 Å². The van der Waals surface area contributed by atoms with E-state index in [1.807, 2.05) is 35.2 Å². The van der Waals surface area contributed by atoms with Crippen molar-refractivity contribution < 1.29 is 19.1 Å². The molecule has 7 heteroatoms. The lowest BCUT2D eigenvalue weighted by atomic mass is 10.2. The smallest absolute Gasteiger partial charge is 0.263 e. The topological polar surface area (TPSA) is 59.1 Å². The molecule has 0 aromatic heterocycles. The van der Waals surface area contributed by atoms with Crippen molar-refractivity contribution in [3.05, 3.63) is 59.6 Å². The number of hydrogen-bond donors (Lipinski definition) is 0. The third-order valence-electron chi connectivity index (χ3n) is 4.97. The van der Waals surface area contributed by atoms with Crippen molar-refractivity contribution in [3.8, 4) is 11.5 Å². The monoisotopic (exact) mass is 430 g/mol. The van der Waals surface area contributed by atoms with E-state index in [1.165, 1.54) is 0 Å². The zero-order valence-electron chi connectivity index (χ0n) is 17.1. The number of piperazine rings is 1. The predicted octanol–water partition coefficient (Wildman–Crippen LogP) is 3.64. The second-order valence-corrected chi connectivity index (χ2v) is 7.62. The molecule has 0 spiro atoms. The minimum absolute atomic E-state index is 0.0756. The Labute approximate surface area is 182 Å². The molecule has 0 radical (unpaired) electrons. The fourth-order valence-corrected chi connectivity index (χ4v) is 3.42. The minimum Gasteiger partial charge on any atom is -0.494 e. The number of para-hydroxylation sites is 1. The standard InChI is InChI=1S/C23H27ClN2O4/c1-18(30-21-11-9-19(24)10-12-21)23(28)26-15-13-25(14-16-26)22(27)8-5-17-29-20-6-3-2-4-7-20/h2-4,6-7,9-12,18H,5,8,13-17H2,1H3. The Morgan fingerprint density at radius 2 is 1.57 bits per heavy atom. The van der Waals surface area contributed by atoms with Gasteiger partial charge in [0, 0.05) is 37.6 Å². The van der Waals surface area contributed by atoms with Gasteiger partial charge in [-0.1, -0.05) is 29.8 Å². The Bertz CT molecular complexity index is 821. The van der Waals surface area contributed by atoms with Crippen LogP contribution in [0.2, 0.25) is 5.02 Å². The highest BCUT2D eigenvalue weighted by atomic mass is 35.5. The quantitative estimate of drug-likeness (QED) is 0.600. The molecule has 1 aliphatic heterocycles. The van der Waals surface area contributed by atoms with Gasteiger partial charge in [-0.05, 0) is 49.7 Å². The third kappa shape index (κ3) is 6.39. The largest absolute Gasteiger partial charge is 0.494 e. The van der Waals surface area contributed by atoms with Crippen LogP contribution < -0.4 is 9.47 Å². The van der Waals surface area contributed by atoms with E-state index in [0.717, 1.165) is 5.75 Å². The normalized spacial score (nSPS) is 14.9. The van der Waals surface area contributed by atoms with Crippen LogP contribution in [0.5, 0.6) is 11.5 Å². The van der Waals surface area contributed by atoms with Crippen molar-refractivity contribution in [2.75, 3.05) is 32.8 Å². The Hall–Kier alpha value is -2.73. The summed E-state index contributed by atoms with van der Waals surface area (Å²) in [5.74, 6) is 1.44. The number of benzene rings is 2. The zero-order valence-corrected chi connectivity index (χ0v) is 17.9. The molecule has 3 rings (SSSR count). The first-order valence-electron chi connectivity index (χ1n) is 10.2. The SMILES string of the molecule is CC(Oc1ccc(Cl)cc1)C(=O)N1CCN(C(=O)CCCOc2ccccc2)CC1. The van der Waals surface area contributed by atoms with Crippen molar-refractivity contribution in [2.45, 2.75) is 25.9 Å². The molecule has 0 bridgehead atoms. The number of carbonyl (C=O) groups excluding carboxylic acids is 2. The Balaban J connectivity index is 1.36. The Morgan fingerprint density at radius 3 is 2.23 bits per heavy atom. The van der Waals surface area contributed by atoms with Gasteiger partial charge in [0.05, 0.1) is 6.61 Å². The van der Waals surface area contributed by atoms with Gasteiger partial charge in [0.2, 0.25) is 5.91 Å². The van der Waals surface area contributed by atoms with E-state index in [4.69, 9.17) is 21.1 Å². The summed E-state index contributed by atoms with van der Waals surface area (Å²) in [7, 11) is 0. The van der Waals surface area contributed by atoms with Crippen molar-refractivity contribution in [1.82, 2.24) is 9.80 Å². The van der Waals surface area contributed by atoms with E-state index in [9.17, 15) is 9.59 Å². The van der Waals surface area contributed by atoms with Crippen LogP contribution in [0.15, 0.2) is 54.6 Å². The van der Waals surface area contributed by atoms with Gasteiger partial charge in [0.25, 0.3) is 5.91 Å². The Kier molecular flexibility index (Phi) is 7.97. The number of halogens is 1. The molecule has 2 aromatic rings. The van der Waals surface area contributed by atoms with Crippen LogP contribution in [-0.2, 0) is 9.59 Å². The first kappa shape index (κ1) is 22.0. The number of nitrogens with zero attached hydrogens (tertiary/aromatic N) is 2. The molecule has 1 unspecified atom stereocenters. The summed E-state index contributed by atoms with van der Waals surface area (Å²) < 4.78 is 11.3. The molecular formula is C23H27ClN2O4. The summed E-state index contributed by atoms with van der Waals surface area (Å²) in [5, 5.41) is 0.619. The van der Waals surface area contributed by atoms with Crippen molar-refractivity contribution in [1.29, 1.82) is 0 Å². The molecule has 160 valence electrons. The lowest BCUT2D eigenvalue weighted by molar-refractivity contribution is -0.143. The molecule has 2 aromatic carbocycles. The highest BCUT2D eigenvalue weighted by Crippen LogP contribution is 2.18. The Morgan fingerprint density at radius 1 is 0.933 bits per heavy atom. The van der Waals surface area contributed by atoms with Gasteiger partial charge in [-0.2, -0.15) is 0 Å². The van der Waals surface area contributed by atoms with Gasteiger partial charge < -0.3 is 19.3 Å². The molecule has 0 aliphatic carbocycles. The van der Waals surface area contributed by atoms with Crippen LogP contribution in [0.3, 0.4) is 0 Å². The van der Waals surface area contributed by atoms with Gasteiger partial charge in [-0.25, -0.2) is 0 Å². The van der Waals surface area contributed by atoms with Crippen LogP contribution in [-0.4, -0.2) is 60.5 Å². The molecule has 1 aliphatic rings. The molecule has 1 saturated heterocycles. The lowest BCUT2D eigenvalue weighted by Gasteiger charge is -2.36. The summed E-state index contributed by atoms with van der Waals surface area (Å²) in [4.78, 5) is 28.6. The van der Waals surface area contributed by atoms with E-state index in [2.05, 4.69) is 0 Å². The fourth-order valence-electron chi connectivity index (χ4n) is 3.29.